The van der Waals surface area contributed by atoms with Crippen molar-refractivity contribution >= 4 is 11.3 Å². The number of aromatic nitrogens is 1. The Hall–Kier alpha value is -1.34. The summed E-state index contributed by atoms with van der Waals surface area (Å²) in [5, 5.41) is 1.13. The molecule has 0 spiro atoms. The predicted octanol–water partition coefficient (Wildman–Crippen LogP) is 7.36. The molecule has 1 saturated heterocycles. The lowest BCUT2D eigenvalue weighted by atomic mass is 9.99. The number of hydrogen-bond donors (Lipinski definition) is 0. The maximum Gasteiger partial charge on any atom is 0.573 e. The van der Waals surface area contributed by atoms with Gasteiger partial charge in [-0.1, -0.05) is 32.3 Å². The lowest BCUT2D eigenvalue weighted by Gasteiger charge is -2.34. The molecule has 7 heteroatoms. The van der Waals surface area contributed by atoms with Crippen LogP contribution in [0, 0.1) is 6.92 Å². The van der Waals surface area contributed by atoms with Gasteiger partial charge in [0, 0.05) is 17.3 Å². The summed E-state index contributed by atoms with van der Waals surface area (Å²) in [7, 11) is 0. The number of nitrogens with zero attached hydrogens (tertiary/aromatic N) is 2. The first-order chi connectivity index (χ1) is 14.8. The average molecular weight is 459 g/mol. The SMILES string of the molecule is CC=C(C=CCc1nc(CCCCC(CCC)N2CCCCC2)sc1C)OC(F)(F)F. The lowest BCUT2D eigenvalue weighted by Crippen LogP contribution is -2.39. The summed E-state index contributed by atoms with van der Waals surface area (Å²) >= 11 is 1.70. The van der Waals surface area contributed by atoms with Crippen LogP contribution in [-0.4, -0.2) is 35.4 Å². The van der Waals surface area contributed by atoms with Gasteiger partial charge in [0.2, 0.25) is 0 Å². The van der Waals surface area contributed by atoms with Gasteiger partial charge in [0.25, 0.3) is 0 Å². The van der Waals surface area contributed by atoms with Gasteiger partial charge in [0.05, 0.1) is 10.7 Å². The van der Waals surface area contributed by atoms with Crippen molar-refractivity contribution in [1.82, 2.24) is 9.88 Å². The minimum Gasteiger partial charge on any atom is -0.406 e. The van der Waals surface area contributed by atoms with Crippen LogP contribution in [0.3, 0.4) is 0 Å². The molecule has 1 aliphatic rings. The Kier molecular flexibility index (Phi) is 11.1. The van der Waals surface area contributed by atoms with Crippen LogP contribution in [-0.2, 0) is 17.6 Å². The molecule has 0 aromatic carbocycles. The zero-order valence-electron chi connectivity index (χ0n) is 19.1. The van der Waals surface area contributed by atoms with Crippen LogP contribution >= 0.6 is 11.3 Å². The Morgan fingerprint density at radius 3 is 2.58 bits per heavy atom. The number of thiazole rings is 1. The average Bonchev–Trinajstić information content (AvgIpc) is 3.08. The highest BCUT2D eigenvalue weighted by molar-refractivity contribution is 7.11. The molecule has 0 N–H and O–H groups in total. The second-order valence-electron chi connectivity index (χ2n) is 8.24. The summed E-state index contributed by atoms with van der Waals surface area (Å²) in [6.45, 7) is 8.35. The molecule has 1 fully saturated rings. The van der Waals surface area contributed by atoms with Crippen LogP contribution in [0.15, 0.2) is 24.0 Å². The normalized spacial score (nSPS) is 17.4. The van der Waals surface area contributed by atoms with Crippen LogP contribution in [0.5, 0.6) is 0 Å². The number of alkyl halides is 3. The van der Waals surface area contributed by atoms with Crippen LogP contribution in [0.25, 0.3) is 0 Å². The third kappa shape index (κ3) is 9.77. The number of allylic oxidation sites excluding steroid dienone is 3. The van der Waals surface area contributed by atoms with Gasteiger partial charge in [-0.3, -0.25) is 0 Å². The molecule has 1 unspecified atom stereocenters. The van der Waals surface area contributed by atoms with Crippen molar-refractivity contribution < 1.29 is 17.9 Å². The lowest BCUT2D eigenvalue weighted by molar-refractivity contribution is -0.303. The molecule has 31 heavy (non-hydrogen) atoms. The van der Waals surface area contributed by atoms with E-state index in [-0.39, 0.29) is 5.76 Å². The van der Waals surface area contributed by atoms with Gasteiger partial charge < -0.3 is 9.64 Å². The van der Waals surface area contributed by atoms with Crippen LogP contribution in [0.4, 0.5) is 13.2 Å². The zero-order valence-corrected chi connectivity index (χ0v) is 20.0. The molecule has 0 aliphatic carbocycles. The molecule has 0 saturated carbocycles. The smallest absolute Gasteiger partial charge is 0.406 e. The monoisotopic (exact) mass is 458 g/mol. The molecule has 2 rings (SSSR count). The topological polar surface area (TPSA) is 25.4 Å². The Labute approximate surface area is 189 Å². The van der Waals surface area contributed by atoms with E-state index in [0.717, 1.165) is 34.5 Å². The first-order valence-corrected chi connectivity index (χ1v) is 12.4. The fraction of sp³-hybridized carbons (Fsp3) is 0.708. The summed E-state index contributed by atoms with van der Waals surface area (Å²) in [5.41, 5.74) is 0.941. The third-order valence-electron chi connectivity index (χ3n) is 5.76. The van der Waals surface area contributed by atoms with Crippen molar-refractivity contribution in [2.24, 2.45) is 0 Å². The minimum atomic E-state index is -4.67. The van der Waals surface area contributed by atoms with Crippen molar-refractivity contribution in [3.63, 3.8) is 0 Å². The molecule has 0 bridgehead atoms. The molecule has 0 amide bonds. The van der Waals surface area contributed by atoms with E-state index >= 15 is 0 Å². The van der Waals surface area contributed by atoms with Crippen molar-refractivity contribution in [3.05, 3.63) is 39.6 Å². The number of likely N-dealkylation sites (tertiary alicyclic amines) is 1. The van der Waals surface area contributed by atoms with Crippen molar-refractivity contribution in [1.29, 1.82) is 0 Å². The van der Waals surface area contributed by atoms with E-state index in [9.17, 15) is 13.2 Å². The Bertz CT molecular complexity index is 706. The largest absolute Gasteiger partial charge is 0.573 e. The van der Waals surface area contributed by atoms with Crippen LogP contribution in [0.1, 0.15) is 80.8 Å². The van der Waals surface area contributed by atoms with E-state index < -0.39 is 6.36 Å². The van der Waals surface area contributed by atoms with Crippen molar-refractivity contribution in [2.45, 2.75) is 97.4 Å². The van der Waals surface area contributed by atoms with Crippen molar-refractivity contribution in [3.8, 4) is 0 Å². The summed E-state index contributed by atoms with van der Waals surface area (Å²) in [5.74, 6) is -0.198. The van der Waals surface area contributed by atoms with E-state index in [1.54, 1.807) is 17.4 Å². The number of piperidine rings is 1. The highest BCUT2D eigenvalue weighted by Crippen LogP contribution is 2.24. The number of aryl methyl sites for hydroxylation is 2. The van der Waals surface area contributed by atoms with Gasteiger partial charge in [-0.25, -0.2) is 4.98 Å². The molecule has 176 valence electrons. The maximum atomic E-state index is 12.3. The van der Waals surface area contributed by atoms with E-state index in [1.165, 1.54) is 77.1 Å². The van der Waals surface area contributed by atoms with Gasteiger partial charge in [-0.15, -0.1) is 24.5 Å². The van der Waals surface area contributed by atoms with Crippen molar-refractivity contribution in [2.75, 3.05) is 13.1 Å². The van der Waals surface area contributed by atoms with E-state index in [1.807, 2.05) is 6.92 Å². The minimum absolute atomic E-state index is 0.198. The summed E-state index contributed by atoms with van der Waals surface area (Å²) in [4.78, 5) is 8.56. The summed E-state index contributed by atoms with van der Waals surface area (Å²) in [6, 6.07) is 0.726. The highest BCUT2D eigenvalue weighted by atomic mass is 32.1. The van der Waals surface area contributed by atoms with Gasteiger partial charge >= 0.3 is 6.36 Å². The van der Waals surface area contributed by atoms with Crippen LogP contribution in [0.2, 0.25) is 0 Å². The second kappa shape index (κ2) is 13.3. The Morgan fingerprint density at radius 1 is 1.19 bits per heavy atom. The molecule has 1 aliphatic heterocycles. The van der Waals surface area contributed by atoms with Gasteiger partial charge in [-0.05, 0) is 77.6 Å². The Balaban J connectivity index is 1.78. The fourth-order valence-corrected chi connectivity index (χ4v) is 5.18. The molecule has 0 radical (unpaired) electrons. The van der Waals surface area contributed by atoms with Gasteiger partial charge in [0.1, 0.15) is 5.76 Å². The molecule has 1 aromatic heterocycles. The molecular formula is C24H37F3N2OS. The quantitative estimate of drug-likeness (QED) is 0.186. The number of rotatable bonds is 12. The number of hydrogen-bond acceptors (Lipinski definition) is 4. The number of unbranched alkanes of at least 4 members (excludes halogenated alkanes) is 1. The van der Waals surface area contributed by atoms with Gasteiger partial charge in [-0.2, -0.15) is 0 Å². The first-order valence-electron chi connectivity index (χ1n) is 11.6. The number of halogens is 3. The molecular weight excluding hydrogens is 421 g/mol. The Morgan fingerprint density at radius 2 is 1.94 bits per heavy atom. The maximum absolute atomic E-state index is 12.3. The molecule has 2 heterocycles. The molecule has 1 atom stereocenters. The fourth-order valence-electron chi connectivity index (χ4n) is 4.18. The molecule has 1 aromatic rings. The first kappa shape index (κ1) is 25.9. The summed E-state index contributed by atoms with van der Waals surface area (Å²) in [6.07, 6.45) is 11.4. The highest BCUT2D eigenvalue weighted by Gasteiger charge is 2.31. The standard InChI is InChI=1S/C24H37F3N2OS/c1-4-12-20(29-17-9-6-10-18-29)13-7-8-16-23-28-22(19(3)31-23)15-11-14-21(5-2)30-24(25,26)27/h5,11,14,20H,4,6-10,12-13,15-18H2,1-3H3. The second-order valence-corrected chi connectivity index (χ2v) is 9.53. The molecule has 3 nitrogen and oxygen atoms in total. The zero-order chi connectivity index (χ0) is 22.7. The van der Waals surface area contributed by atoms with Gasteiger partial charge in [0.15, 0.2) is 0 Å². The van der Waals surface area contributed by atoms with E-state index in [2.05, 4.69) is 16.6 Å². The summed E-state index contributed by atoms with van der Waals surface area (Å²) < 4.78 is 41.0. The third-order valence-corrected chi connectivity index (χ3v) is 6.83. The predicted molar refractivity (Wildman–Crippen MR) is 122 cm³/mol. The van der Waals surface area contributed by atoms with E-state index in [4.69, 9.17) is 4.98 Å². The van der Waals surface area contributed by atoms with Crippen LogP contribution < -0.4 is 0 Å². The number of ether oxygens (including phenoxy) is 1. The van der Waals surface area contributed by atoms with E-state index in [0.29, 0.717) is 6.42 Å².